The molecule has 6 nitrogen and oxygen atoms in total. The molecule has 30 heavy (non-hydrogen) atoms. The van der Waals surface area contributed by atoms with E-state index in [1.165, 1.54) is 10.5 Å². The molecule has 1 heterocycles. The summed E-state index contributed by atoms with van der Waals surface area (Å²) in [6, 6.07) is 14.0. The van der Waals surface area contributed by atoms with Gasteiger partial charge in [0.2, 0.25) is 0 Å². The zero-order chi connectivity index (χ0) is 21.5. The molecule has 1 aliphatic heterocycles. The summed E-state index contributed by atoms with van der Waals surface area (Å²) < 4.78 is 5.19. The summed E-state index contributed by atoms with van der Waals surface area (Å²) in [7, 11) is 1.66. The number of thiocarbonyl (C=S) groups is 1. The maximum Gasteiger partial charge on any atom is 0.279 e. The first-order valence-electron chi connectivity index (χ1n) is 10.3. The number of aryl methyl sites for hydroxylation is 1. The fourth-order valence-corrected chi connectivity index (χ4v) is 3.80. The molecule has 1 fully saturated rings. The largest absolute Gasteiger partial charge is 0.497 e. The van der Waals surface area contributed by atoms with E-state index in [0.29, 0.717) is 13.1 Å². The van der Waals surface area contributed by atoms with Crippen LogP contribution in [-0.4, -0.2) is 55.8 Å². The van der Waals surface area contributed by atoms with Crippen molar-refractivity contribution < 1.29 is 14.4 Å². The topological polar surface area (TPSA) is 58.0 Å². The minimum absolute atomic E-state index is 0.0624. The molecule has 0 aromatic heterocycles. The first-order chi connectivity index (χ1) is 14.5. The number of amides is 1. The number of piperazine rings is 1. The molecular weight excluding hydrogens is 396 g/mol. The summed E-state index contributed by atoms with van der Waals surface area (Å²) in [4.78, 5) is 15.9. The lowest BCUT2D eigenvalue weighted by Gasteiger charge is -2.33. The predicted molar refractivity (Wildman–Crippen MR) is 124 cm³/mol. The van der Waals surface area contributed by atoms with Gasteiger partial charge >= 0.3 is 0 Å². The fourth-order valence-electron chi connectivity index (χ4n) is 3.54. The number of nitrogens with one attached hydrogen (secondary N) is 3. The van der Waals surface area contributed by atoms with Crippen molar-refractivity contribution in [3.8, 4) is 5.75 Å². The van der Waals surface area contributed by atoms with Crippen molar-refractivity contribution in [1.82, 2.24) is 10.2 Å². The van der Waals surface area contributed by atoms with Crippen LogP contribution in [0.4, 0.5) is 5.69 Å². The summed E-state index contributed by atoms with van der Waals surface area (Å²) in [5.74, 6) is 0.911. The van der Waals surface area contributed by atoms with Crippen LogP contribution in [0.25, 0.3) is 0 Å². The molecule has 3 N–H and O–H groups in total. The van der Waals surface area contributed by atoms with E-state index in [4.69, 9.17) is 17.0 Å². The van der Waals surface area contributed by atoms with Gasteiger partial charge in [0.1, 0.15) is 5.75 Å². The zero-order valence-electron chi connectivity index (χ0n) is 18.0. The van der Waals surface area contributed by atoms with E-state index in [1.54, 1.807) is 7.11 Å². The van der Waals surface area contributed by atoms with Crippen molar-refractivity contribution >= 4 is 28.9 Å². The molecule has 0 bridgehead atoms. The average molecular weight is 428 g/mol. The first kappa shape index (κ1) is 22.1. The zero-order valence-corrected chi connectivity index (χ0v) is 18.8. The summed E-state index contributed by atoms with van der Waals surface area (Å²) in [5, 5.41) is 7.16. The lowest BCUT2D eigenvalue weighted by Crippen LogP contribution is -3.15. The van der Waals surface area contributed by atoms with Crippen LogP contribution in [-0.2, 0) is 11.3 Å². The third kappa shape index (κ3) is 5.93. The van der Waals surface area contributed by atoms with Gasteiger partial charge in [-0.15, -0.1) is 0 Å². The normalized spacial score (nSPS) is 14.3. The molecule has 0 aliphatic carbocycles. The fraction of sp³-hybridized carbons (Fsp3) is 0.391. The van der Waals surface area contributed by atoms with Gasteiger partial charge in [0.05, 0.1) is 33.3 Å². The van der Waals surface area contributed by atoms with E-state index in [1.807, 2.05) is 43.3 Å². The minimum Gasteiger partial charge on any atom is -0.497 e. The highest BCUT2D eigenvalue weighted by atomic mass is 32.1. The van der Waals surface area contributed by atoms with Crippen molar-refractivity contribution in [2.24, 2.45) is 0 Å². The number of anilines is 1. The third-order valence-corrected chi connectivity index (χ3v) is 6.05. The lowest BCUT2D eigenvalue weighted by atomic mass is 10.1. The number of hydrogen-bond acceptors (Lipinski definition) is 3. The number of benzene rings is 2. The smallest absolute Gasteiger partial charge is 0.279 e. The van der Waals surface area contributed by atoms with Crippen LogP contribution in [0.3, 0.4) is 0 Å². The quantitative estimate of drug-likeness (QED) is 0.611. The van der Waals surface area contributed by atoms with Crippen LogP contribution < -0.4 is 20.3 Å². The van der Waals surface area contributed by atoms with Gasteiger partial charge in [0.25, 0.3) is 5.91 Å². The summed E-state index contributed by atoms with van der Waals surface area (Å²) >= 11 is 5.56. The second-order valence-corrected chi connectivity index (χ2v) is 8.10. The van der Waals surface area contributed by atoms with Gasteiger partial charge in [0.15, 0.2) is 11.7 Å². The van der Waals surface area contributed by atoms with Gasteiger partial charge < -0.3 is 25.2 Å². The SMILES string of the molecule is COc1ccc(CNC(=S)N2CC[NH+](CC(=O)Nc3cccc(C)c3C)CC2)cc1. The molecular formula is C23H31N4O2S+. The molecule has 3 rings (SSSR count). The van der Waals surface area contributed by atoms with Crippen LogP contribution in [0, 0.1) is 13.8 Å². The Labute approximate surface area is 184 Å². The Kier molecular flexibility index (Phi) is 7.65. The van der Waals surface area contributed by atoms with Gasteiger partial charge in [0, 0.05) is 12.2 Å². The number of nitrogens with zero attached hydrogens (tertiary/aromatic N) is 1. The van der Waals surface area contributed by atoms with Crippen molar-refractivity contribution in [2.45, 2.75) is 20.4 Å². The predicted octanol–water partition coefficient (Wildman–Crippen LogP) is 1.53. The Morgan fingerprint density at radius 1 is 1.13 bits per heavy atom. The Hall–Kier alpha value is -2.64. The Bertz CT molecular complexity index is 877. The molecule has 2 aromatic carbocycles. The third-order valence-electron chi connectivity index (χ3n) is 5.65. The number of carbonyl (C=O) groups excluding carboxylic acids is 1. The molecule has 0 saturated carbocycles. The van der Waals surface area contributed by atoms with E-state index in [0.717, 1.165) is 53.9 Å². The molecule has 160 valence electrons. The number of quaternary nitrogens is 1. The van der Waals surface area contributed by atoms with E-state index < -0.39 is 0 Å². The molecule has 0 unspecified atom stereocenters. The number of hydrogen-bond donors (Lipinski definition) is 3. The van der Waals surface area contributed by atoms with E-state index in [9.17, 15) is 4.79 Å². The van der Waals surface area contributed by atoms with Gasteiger partial charge in [-0.2, -0.15) is 0 Å². The minimum atomic E-state index is 0.0624. The molecule has 7 heteroatoms. The molecule has 1 amide bonds. The number of rotatable bonds is 6. The number of carbonyl (C=O) groups is 1. The van der Waals surface area contributed by atoms with Gasteiger partial charge in [-0.25, -0.2) is 0 Å². The van der Waals surface area contributed by atoms with Crippen molar-refractivity contribution in [3.63, 3.8) is 0 Å². The molecule has 1 aliphatic rings. The first-order valence-corrected chi connectivity index (χ1v) is 10.7. The van der Waals surface area contributed by atoms with Crippen LogP contribution in [0.5, 0.6) is 5.75 Å². The molecule has 2 aromatic rings. The van der Waals surface area contributed by atoms with Crippen LogP contribution in [0.2, 0.25) is 0 Å². The van der Waals surface area contributed by atoms with Crippen molar-refractivity contribution in [1.29, 1.82) is 0 Å². The highest BCUT2D eigenvalue weighted by molar-refractivity contribution is 7.80. The van der Waals surface area contributed by atoms with Crippen LogP contribution in [0.1, 0.15) is 16.7 Å². The summed E-state index contributed by atoms with van der Waals surface area (Å²) in [6.45, 7) is 8.75. The summed E-state index contributed by atoms with van der Waals surface area (Å²) in [6.07, 6.45) is 0. The highest BCUT2D eigenvalue weighted by Crippen LogP contribution is 2.17. The molecule has 0 radical (unpaired) electrons. The second-order valence-electron chi connectivity index (χ2n) is 7.72. The lowest BCUT2D eigenvalue weighted by molar-refractivity contribution is -0.895. The Morgan fingerprint density at radius 2 is 1.83 bits per heavy atom. The molecule has 1 saturated heterocycles. The summed E-state index contributed by atoms with van der Waals surface area (Å²) in [5.41, 5.74) is 4.37. The van der Waals surface area contributed by atoms with Gasteiger partial charge in [-0.05, 0) is 61.0 Å². The van der Waals surface area contributed by atoms with Crippen molar-refractivity contribution in [3.05, 3.63) is 59.2 Å². The Morgan fingerprint density at radius 3 is 2.50 bits per heavy atom. The maximum absolute atomic E-state index is 12.5. The van der Waals surface area contributed by atoms with E-state index >= 15 is 0 Å². The standard InChI is InChI=1S/C23H30N4O2S/c1-17-5-4-6-21(18(17)2)25-22(28)16-26-11-13-27(14-12-26)23(30)24-15-19-7-9-20(29-3)10-8-19/h4-10H,11-16H2,1-3H3,(H,24,30)(H,25,28)/p+1. The van der Waals surface area contributed by atoms with Crippen LogP contribution >= 0.6 is 12.2 Å². The van der Waals surface area contributed by atoms with E-state index in [2.05, 4.69) is 28.5 Å². The average Bonchev–Trinajstić information content (AvgIpc) is 2.76. The van der Waals surface area contributed by atoms with Crippen molar-refractivity contribution in [2.75, 3.05) is 45.2 Å². The monoisotopic (exact) mass is 427 g/mol. The van der Waals surface area contributed by atoms with Gasteiger partial charge in [-0.3, -0.25) is 4.79 Å². The van der Waals surface area contributed by atoms with Crippen LogP contribution in [0.15, 0.2) is 42.5 Å². The van der Waals surface area contributed by atoms with E-state index in [-0.39, 0.29) is 5.91 Å². The maximum atomic E-state index is 12.5. The van der Waals surface area contributed by atoms with Gasteiger partial charge in [-0.1, -0.05) is 24.3 Å². The number of methoxy groups -OCH3 is 1. The molecule has 0 atom stereocenters. The highest BCUT2D eigenvalue weighted by Gasteiger charge is 2.23. The second kappa shape index (κ2) is 10.4. The molecule has 0 spiro atoms. The number of ether oxygens (including phenoxy) is 1. The Balaban J connectivity index is 1.40.